The predicted molar refractivity (Wildman–Crippen MR) is 57.4 cm³/mol. The van der Waals surface area contributed by atoms with E-state index in [2.05, 4.69) is 24.4 Å². The van der Waals surface area contributed by atoms with Crippen molar-refractivity contribution in [3.8, 4) is 0 Å². The van der Waals surface area contributed by atoms with Gasteiger partial charge in [0.25, 0.3) is 0 Å². The molecule has 0 spiro atoms. The molecule has 0 rings (SSSR count). The molecular formula is C6H16BrOP2+. The van der Waals surface area contributed by atoms with Gasteiger partial charge in [0.1, 0.15) is 15.5 Å². The number of aliphatic hydroxyl groups is 1. The highest BCUT2D eigenvalue weighted by Gasteiger charge is 2.01. The normalized spacial score (nSPS) is 13.5. The molecule has 0 heterocycles. The van der Waals surface area contributed by atoms with Crippen molar-refractivity contribution in [2.75, 3.05) is 12.8 Å². The zero-order valence-electron chi connectivity index (χ0n) is 6.15. The summed E-state index contributed by atoms with van der Waals surface area (Å²) in [5, 5.41) is 8.47. The fraction of sp³-hybridized carbons (Fsp3) is 1.00. The van der Waals surface area contributed by atoms with Crippen LogP contribution in [0, 0.1) is 0 Å². The maximum atomic E-state index is 8.47. The highest BCUT2D eigenvalue weighted by Crippen LogP contribution is 2.52. The minimum Gasteiger partial charge on any atom is -0.396 e. The third-order valence-corrected chi connectivity index (χ3v) is 4.21. The van der Waals surface area contributed by atoms with E-state index in [-0.39, 0.29) is 6.31 Å². The second-order valence-electron chi connectivity index (χ2n) is 2.33. The number of hydrogen-bond acceptors (Lipinski definition) is 1. The van der Waals surface area contributed by atoms with Crippen LogP contribution in [0.3, 0.4) is 0 Å². The van der Waals surface area contributed by atoms with Gasteiger partial charge in [-0.15, -0.1) is 0 Å². The van der Waals surface area contributed by atoms with E-state index in [4.69, 9.17) is 5.11 Å². The van der Waals surface area contributed by atoms with Gasteiger partial charge in [-0.2, -0.15) is 0 Å². The first kappa shape index (κ1) is 11.3. The lowest BCUT2D eigenvalue weighted by Gasteiger charge is -1.96. The van der Waals surface area contributed by atoms with Crippen LogP contribution < -0.4 is 0 Å². The summed E-state index contributed by atoms with van der Waals surface area (Å²) in [6.45, 7) is 0.354. The highest BCUT2D eigenvalue weighted by atomic mass is 79.9. The minimum absolute atomic E-state index is 0.255. The van der Waals surface area contributed by atoms with Gasteiger partial charge in [-0.25, -0.2) is 0 Å². The molecule has 0 aromatic rings. The zero-order valence-corrected chi connectivity index (χ0v) is 9.89. The molecule has 2 atom stereocenters. The second-order valence-corrected chi connectivity index (χ2v) is 11.4. The summed E-state index contributed by atoms with van der Waals surface area (Å²) in [5.74, 6) is 0. The summed E-state index contributed by atoms with van der Waals surface area (Å²) in [5.41, 5.74) is 0. The summed E-state index contributed by atoms with van der Waals surface area (Å²) < 4.78 is 0. The van der Waals surface area contributed by atoms with Gasteiger partial charge in [-0.05, 0) is 19.3 Å². The van der Waals surface area contributed by atoms with E-state index in [1.807, 2.05) is 0 Å². The molecule has 2 unspecified atom stereocenters. The monoisotopic (exact) mass is 245 g/mol. The average Bonchev–Trinajstić information content (AvgIpc) is 1.87. The van der Waals surface area contributed by atoms with Gasteiger partial charge < -0.3 is 5.11 Å². The summed E-state index contributed by atoms with van der Waals surface area (Å²) >= 11 is 3.56. The second kappa shape index (κ2) is 8.40. The minimum atomic E-state index is -0.255. The largest absolute Gasteiger partial charge is 0.396 e. The molecule has 1 N–H and O–H groups in total. The Kier molecular flexibility index (Phi) is 9.49. The molecule has 0 fully saturated rings. The van der Waals surface area contributed by atoms with E-state index in [1.165, 1.54) is 25.4 Å². The lowest BCUT2D eigenvalue weighted by Crippen LogP contribution is -1.83. The standard InChI is InChI=1S/C6H15BrOP2/c7-10(9)6-4-2-1-3-5-8/h8H,1-6,9H2/p+1. The molecule has 0 aromatic carbocycles. The Bertz CT molecular complexity index is 70.8. The lowest BCUT2D eigenvalue weighted by atomic mass is 10.2. The molecule has 62 valence electrons. The highest BCUT2D eigenvalue weighted by molar-refractivity contribution is 9.44. The Labute approximate surface area is 74.6 Å². The molecule has 0 saturated carbocycles. The first-order valence-electron chi connectivity index (χ1n) is 3.65. The number of rotatable bonds is 6. The van der Waals surface area contributed by atoms with E-state index >= 15 is 0 Å². The third kappa shape index (κ3) is 9.30. The van der Waals surface area contributed by atoms with Crippen molar-refractivity contribution in [2.24, 2.45) is 0 Å². The fourth-order valence-electron chi connectivity index (χ4n) is 0.759. The zero-order chi connectivity index (χ0) is 7.82. The first-order valence-corrected chi connectivity index (χ1v) is 9.42. The summed E-state index contributed by atoms with van der Waals surface area (Å²) in [6, 6.07) is 0. The van der Waals surface area contributed by atoms with E-state index < -0.39 is 0 Å². The van der Waals surface area contributed by atoms with Gasteiger partial charge >= 0.3 is 0 Å². The molecule has 4 heteroatoms. The number of aliphatic hydroxyl groups excluding tert-OH is 1. The molecule has 0 aliphatic carbocycles. The topological polar surface area (TPSA) is 20.2 Å². The van der Waals surface area contributed by atoms with E-state index in [0.717, 1.165) is 6.42 Å². The van der Waals surface area contributed by atoms with Crippen LogP contribution in [0.4, 0.5) is 0 Å². The molecule has 0 aliphatic rings. The molecular weight excluding hydrogens is 230 g/mol. The van der Waals surface area contributed by atoms with Crippen LogP contribution in [0.2, 0.25) is 0 Å². The smallest absolute Gasteiger partial charge is 0.138 e. The third-order valence-electron chi connectivity index (χ3n) is 1.32. The van der Waals surface area contributed by atoms with Crippen LogP contribution in [-0.2, 0) is 0 Å². The van der Waals surface area contributed by atoms with E-state index in [1.54, 1.807) is 0 Å². The van der Waals surface area contributed by atoms with Gasteiger partial charge in [-0.3, -0.25) is 0 Å². The molecule has 0 saturated heterocycles. The maximum Gasteiger partial charge on any atom is 0.138 e. The number of hydrogen-bond donors (Lipinski definition) is 1. The molecule has 0 bridgehead atoms. The van der Waals surface area contributed by atoms with Crippen LogP contribution in [0.5, 0.6) is 0 Å². The van der Waals surface area contributed by atoms with Crippen molar-refractivity contribution in [1.82, 2.24) is 0 Å². The van der Waals surface area contributed by atoms with Gasteiger partial charge in [0.05, 0.1) is 12.5 Å². The van der Waals surface area contributed by atoms with Crippen molar-refractivity contribution in [1.29, 1.82) is 0 Å². The Morgan fingerprint density at radius 1 is 1.20 bits per heavy atom. The number of halogens is 1. The van der Waals surface area contributed by atoms with E-state index in [9.17, 15) is 0 Å². The molecule has 0 radical (unpaired) electrons. The van der Waals surface area contributed by atoms with Gasteiger partial charge in [0.15, 0.2) is 0 Å². The Balaban J connectivity index is 2.77. The van der Waals surface area contributed by atoms with Crippen molar-refractivity contribution >= 4 is 30.7 Å². The van der Waals surface area contributed by atoms with Crippen LogP contribution in [0.25, 0.3) is 0 Å². The van der Waals surface area contributed by atoms with Crippen molar-refractivity contribution in [3.05, 3.63) is 0 Å². The fourth-order valence-corrected chi connectivity index (χ4v) is 2.80. The maximum absolute atomic E-state index is 8.47. The first-order chi connectivity index (χ1) is 4.77. The van der Waals surface area contributed by atoms with Crippen LogP contribution in [0.15, 0.2) is 0 Å². The Morgan fingerprint density at radius 2 is 1.80 bits per heavy atom. The van der Waals surface area contributed by atoms with Gasteiger partial charge in [0, 0.05) is 15.5 Å². The van der Waals surface area contributed by atoms with Gasteiger partial charge in [0.2, 0.25) is 0 Å². The summed E-state index contributed by atoms with van der Waals surface area (Å²) in [6.07, 6.45) is 5.80. The quantitative estimate of drug-likeness (QED) is 0.564. The van der Waals surface area contributed by atoms with Crippen molar-refractivity contribution < 1.29 is 5.11 Å². The van der Waals surface area contributed by atoms with Crippen LogP contribution >= 0.6 is 30.7 Å². The molecule has 0 aliphatic heterocycles. The number of unbranched alkanes of at least 4 members (excludes halogenated alkanes) is 3. The Hall–Kier alpha value is 1.30. The molecule has 10 heavy (non-hydrogen) atoms. The van der Waals surface area contributed by atoms with Gasteiger partial charge in [-0.1, -0.05) is 6.42 Å². The van der Waals surface area contributed by atoms with Crippen molar-refractivity contribution in [3.63, 3.8) is 0 Å². The SMILES string of the molecule is OCCCCCC[PH+](P)Br. The molecule has 0 amide bonds. The lowest BCUT2D eigenvalue weighted by molar-refractivity contribution is 0.283. The summed E-state index contributed by atoms with van der Waals surface area (Å²) in [7, 11) is 2.82. The van der Waals surface area contributed by atoms with Crippen LogP contribution in [0.1, 0.15) is 25.7 Å². The average molecular weight is 246 g/mol. The molecule has 1 nitrogen and oxygen atoms in total. The predicted octanol–water partition coefficient (Wildman–Crippen LogP) is 2.85. The Morgan fingerprint density at radius 3 is 2.30 bits per heavy atom. The summed E-state index contributed by atoms with van der Waals surface area (Å²) in [4.78, 5) is 0. The molecule has 0 aromatic heterocycles. The van der Waals surface area contributed by atoms with E-state index in [0.29, 0.717) is 6.61 Å². The van der Waals surface area contributed by atoms with Crippen LogP contribution in [-0.4, -0.2) is 17.9 Å². The van der Waals surface area contributed by atoms with Crippen molar-refractivity contribution in [2.45, 2.75) is 25.7 Å².